The van der Waals surface area contributed by atoms with Gasteiger partial charge in [-0.3, -0.25) is 4.79 Å². The summed E-state index contributed by atoms with van der Waals surface area (Å²) in [5, 5.41) is 9.88. The van der Waals surface area contributed by atoms with Crippen LogP contribution in [0.25, 0.3) is 0 Å². The van der Waals surface area contributed by atoms with Gasteiger partial charge in [0.05, 0.1) is 12.3 Å². The molecule has 1 aliphatic heterocycles. The van der Waals surface area contributed by atoms with Gasteiger partial charge in [0.25, 0.3) is 0 Å². The van der Waals surface area contributed by atoms with E-state index in [0.717, 1.165) is 0 Å². The molecule has 1 saturated heterocycles. The van der Waals surface area contributed by atoms with Crippen LogP contribution in [0.15, 0.2) is 18.2 Å². The Morgan fingerprint density at radius 2 is 2.00 bits per heavy atom. The summed E-state index contributed by atoms with van der Waals surface area (Å²) in [6, 6.07) is 4.25. The van der Waals surface area contributed by atoms with E-state index in [1.807, 2.05) is 0 Å². The van der Waals surface area contributed by atoms with E-state index in [2.05, 4.69) is 0 Å². The summed E-state index contributed by atoms with van der Waals surface area (Å²) in [5.41, 5.74) is 0.539. The number of rotatable bonds is 3. The van der Waals surface area contributed by atoms with Crippen molar-refractivity contribution >= 4 is 46.8 Å². The van der Waals surface area contributed by atoms with Gasteiger partial charge in [-0.1, -0.05) is 29.3 Å². The normalized spacial score (nSPS) is 18.6. The smallest absolute Gasteiger partial charge is 0.327 e. The molecule has 0 unspecified atom stereocenters. The van der Waals surface area contributed by atoms with Gasteiger partial charge in [-0.2, -0.15) is 0 Å². The summed E-state index contributed by atoms with van der Waals surface area (Å²) in [5.74, 6) is -0.453. The number of hydrogen-bond acceptors (Lipinski definition) is 3. The van der Waals surface area contributed by atoms with Gasteiger partial charge in [-0.15, -0.1) is 11.8 Å². The van der Waals surface area contributed by atoms with E-state index in [1.54, 1.807) is 18.2 Å². The molecule has 1 amide bonds. The predicted molar refractivity (Wildman–Crippen MR) is 75.8 cm³/mol. The van der Waals surface area contributed by atoms with Gasteiger partial charge in [0, 0.05) is 15.8 Å². The summed E-state index contributed by atoms with van der Waals surface area (Å²) in [7, 11) is 0. The van der Waals surface area contributed by atoms with Crippen molar-refractivity contribution in [2.24, 2.45) is 0 Å². The highest BCUT2D eigenvalue weighted by molar-refractivity contribution is 7.99. The maximum absolute atomic E-state index is 12.2. The average molecular weight is 320 g/mol. The second kappa shape index (κ2) is 6.03. The molecule has 0 aliphatic carbocycles. The number of carbonyl (C=O) groups is 2. The molecule has 2 rings (SSSR count). The third-order valence-electron chi connectivity index (χ3n) is 2.88. The molecule has 19 heavy (non-hydrogen) atoms. The summed E-state index contributed by atoms with van der Waals surface area (Å²) in [6.45, 7) is 0. The highest BCUT2D eigenvalue weighted by atomic mass is 35.5. The van der Waals surface area contributed by atoms with Gasteiger partial charge in [-0.05, 0) is 17.7 Å². The number of thioether (sulfide) groups is 1. The number of aliphatic carboxylic acids is 1. The lowest BCUT2D eigenvalue weighted by Gasteiger charge is -2.21. The summed E-state index contributed by atoms with van der Waals surface area (Å²) in [6.07, 6.45) is 0.0167. The molecule has 1 aromatic rings. The first-order valence-corrected chi connectivity index (χ1v) is 7.44. The predicted octanol–water partition coefficient (Wildman–Crippen LogP) is 2.52. The minimum atomic E-state index is -0.983. The number of carboxylic acids is 1. The van der Waals surface area contributed by atoms with Gasteiger partial charge >= 0.3 is 5.97 Å². The van der Waals surface area contributed by atoms with Crippen LogP contribution in [0.4, 0.5) is 0 Å². The first-order chi connectivity index (χ1) is 9.00. The number of halogens is 2. The zero-order chi connectivity index (χ0) is 14.0. The highest BCUT2D eigenvalue weighted by Gasteiger charge is 2.34. The molecular weight excluding hydrogens is 309 g/mol. The quantitative estimate of drug-likeness (QED) is 0.930. The van der Waals surface area contributed by atoms with Crippen LogP contribution in [-0.4, -0.2) is 39.6 Å². The molecule has 0 radical (unpaired) electrons. The number of benzene rings is 1. The molecular formula is C12H11Cl2NO3S. The molecule has 1 aromatic carbocycles. The lowest BCUT2D eigenvalue weighted by Crippen LogP contribution is -2.42. The number of carbonyl (C=O) groups excluding carboxylic acids is 1. The molecule has 4 nitrogen and oxygen atoms in total. The summed E-state index contributed by atoms with van der Waals surface area (Å²) < 4.78 is 0. The molecule has 102 valence electrons. The van der Waals surface area contributed by atoms with Gasteiger partial charge in [0.2, 0.25) is 5.91 Å². The van der Waals surface area contributed by atoms with Crippen molar-refractivity contribution < 1.29 is 14.7 Å². The molecule has 1 fully saturated rings. The van der Waals surface area contributed by atoms with Gasteiger partial charge in [-0.25, -0.2) is 4.79 Å². The van der Waals surface area contributed by atoms with Crippen molar-refractivity contribution in [1.29, 1.82) is 0 Å². The highest BCUT2D eigenvalue weighted by Crippen LogP contribution is 2.27. The maximum Gasteiger partial charge on any atom is 0.327 e. The number of amides is 1. The Morgan fingerprint density at radius 1 is 1.37 bits per heavy atom. The molecule has 1 aliphatic rings. The number of hydrogen-bond donors (Lipinski definition) is 1. The van der Waals surface area contributed by atoms with Crippen LogP contribution in [0.3, 0.4) is 0 Å². The van der Waals surface area contributed by atoms with Gasteiger partial charge in [0.1, 0.15) is 6.04 Å². The standard InChI is InChI=1S/C12H11Cl2NO3S/c13-8-2-1-3-9(14)7(8)4-11(16)15-6-19-5-10(15)12(17)18/h1-3,10H,4-6H2,(H,17,18)/t10-/m0/s1. The van der Waals surface area contributed by atoms with E-state index in [9.17, 15) is 9.59 Å². The topological polar surface area (TPSA) is 57.6 Å². The van der Waals surface area contributed by atoms with E-state index in [1.165, 1.54) is 16.7 Å². The van der Waals surface area contributed by atoms with E-state index in [0.29, 0.717) is 27.2 Å². The molecule has 0 saturated carbocycles. The van der Waals surface area contributed by atoms with E-state index < -0.39 is 12.0 Å². The number of nitrogens with zero attached hydrogens (tertiary/aromatic N) is 1. The Hall–Kier alpha value is -0.910. The minimum Gasteiger partial charge on any atom is -0.480 e. The van der Waals surface area contributed by atoms with Crippen molar-refractivity contribution in [3.8, 4) is 0 Å². The Morgan fingerprint density at radius 3 is 2.58 bits per heavy atom. The number of carboxylic acid groups (broad SMARTS) is 1. The fourth-order valence-electron chi connectivity index (χ4n) is 1.85. The lowest BCUT2D eigenvalue weighted by atomic mass is 10.1. The maximum atomic E-state index is 12.2. The average Bonchev–Trinajstić information content (AvgIpc) is 2.83. The van der Waals surface area contributed by atoms with Crippen molar-refractivity contribution in [1.82, 2.24) is 4.90 Å². The Kier molecular flexibility index (Phi) is 4.60. The van der Waals surface area contributed by atoms with Crippen LogP contribution >= 0.6 is 35.0 Å². The Bertz CT molecular complexity index is 503. The molecule has 1 heterocycles. The third kappa shape index (κ3) is 3.16. The third-order valence-corrected chi connectivity index (χ3v) is 4.60. The van der Waals surface area contributed by atoms with Crippen molar-refractivity contribution in [3.05, 3.63) is 33.8 Å². The zero-order valence-electron chi connectivity index (χ0n) is 9.81. The molecule has 1 N–H and O–H groups in total. The van der Waals surface area contributed by atoms with Crippen LogP contribution in [0.2, 0.25) is 10.0 Å². The van der Waals surface area contributed by atoms with E-state index in [-0.39, 0.29) is 12.3 Å². The molecule has 7 heteroatoms. The second-order valence-corrected chi connectivity index (χ2v) is 5.91. The van der Waals surface area contributed by atoms with E-state index >= 15 is 0 Å². The van der Waals surface area contributed by atoms with Crippen LogP contribution in [0.5, 0.6) is 0 Å². The van der Waals surface area contributed by atoms with Crippen molar-refractivity contribution in [2.75, 3.05) is 11.6 Å². The van der Waals surface area contributed by atoms with Crippen LogP contribution in [0.1, 0.15) is 5.56 Å². The molecule has 0 aromatic heterocycles. The monoisotopic (exact) mass is 319 g/mol. The first-order valence-electron chi connectivity index (χ1n) is 5.53. The fourth-order valence-corrected chi connectivity index (χ4v) is 3.55. The van der Waals surface area contributed by atoms with Crippen molar-refractivity contribution in [3.63, 3.8) is 0 Å². The first kappa shape index (κ1) is 14.5. The van der Waals surface area contributed by atoms with Crippen LogP contribution in [0, 0.1) is 0 Å². The Labute approximate surface area is 124 Å². The summed E-state index contributed by atoms with van der Waals surface area (Å²) in [4.78, 5) is 24.6. The second-order valence-electron chi connectivity index (χ2n) is 4.09. The van der Waals surface area contributed by atoms with Gasteiger partial charge in [0.15, 0.2) is 0 Å². The van der Waals surface area contributed by atoms with E-state index in [4.69, 9.17) is 28.3 Å². The van der Waals surface area contributed by atoms with Crippen LogP contribution < -0.4 is 0 Å². The van der Waals surface area contributed by atoms with Crippen molar-refractivity contribution in [2.45, 2.75) is 12.5 Å². The lowest BCUT2D eigenvalue weighted by molar-refractivity contribution is -0.147. The van der Waals surface area contributed by atoms with Gasteiger partial charge < -0.3 is 10.0 Å². The molecule has 1 atom stereocenters. The van der Waals surface area contributed by atoms with Crippen LogP contribution in [-0.2, 0) is 16.0 Å². The largest absolute Gasteiger partial charge is 0.480 e. The minimum absolute atomic E-state index is 0.0167. The summed E-state index contributed by atoms with van der Waals surface area (Å²) >= 11 is 13.4. The SMILES string of the molecule is O=C(O)[C@@H]1CSCN1C(=O)Cc1c(Cl)cccc1Cl. The molecule has 0 bridgehead atoms. The Balaban J connectivity index is 2.15. The fraction of sp³-hybridized carbons (Fsp3) is 0.333. The molecule has 0 spiro atoms. The zero-order valence-corrected chi connectivity index (χ0v) is 12.1.